The number of fused-ring (bicyclic) bond motifs is 3. The number of pyridine rings is 1. The van der Waals surface area contributed by atoms with Gasteiger partial charge in [-0.1, -0.05) is 0 Å². The van der Waals surface area contributed by atoms with E-state index in [1.165, 1.54) is 12.8 Å². The molecule has 0 radical (unpaired) electrons. The molecule has 3 aromatic rings. The van der Waals surface area contributed by atoms with E-state index in [4.69, 9.17) is 4.74 Å². The van der Waals surface area contributed by atoms with Crippen LogP contribution in [0.3, 0.4) is 0 Å². The van der Waals surface area contributed by atoms with Gasteiger partial charge < -0.3 is 15.2 Å². The topological polar surface area (TPSA) is 80.2 Å². The molecule has 0 aliphatic carbocycles. The number of rotatable bonds is 3. The molecule has 3 atom stereocenters. The Labute approximate surface area is 151 Å². The van der Waals surface area contributed by atoms with Gasteiger partial charge in [-0.25, -0.2) is 0 Å². The molecule has 4 heterocycles. The molecule has 2 aromatic heterocycles. The fraction of sp³-hybridized carbons (Fsp3) is 0.350. The van der Waals surface area contributed by atoms with Crippen LogP contribution in [-0.4, -0.2) is 38.5 Å². The van der Waals surface area contributed by atoms with Crippen LogP contribution in [0.15, 0.2) is 42.7 Å². The third kappa shape index (κ3) is 2.86. The lowest BCUT2D eigenvalue weighted by molar-refractivity contribution is 0.130. The van der Waals surface area contributed by atoms with Crippen LogP contribution in [0.5, 0.6) is 11.6 Å². The van der Waals surface area contributed by atoms with Crippen LogP contribution < -0.4 is 10.1 Å². The quantitative estimate of drug-likeness (QED) is 0.757. The minimum atomic E-state index is 0.170. The van der Waals surface area contributed by atoms with E-state index < -0.39 is 0 Å². The summed E-state index contributed by atoms with van der Waals surface area (Å²) in [6.45, 7) is 0. The van der Waals surface area contributed by atoms with Gasteiger partial charge in [0.1, 0.15) is 11.9 Å². The maximum Gasteiger partial charge on any atom is 0.233 e. The third-order valence-corrected chi connectivity index (χ3v) is 5.39. The van der Waals surface area contributed by atoms with Gasteiger partial charge in [-0.15, -0.1) is 10.2 Å². The van der Waals surface area contributed by atoms with Crippen molar-refractivity contribution in [2.45, 2.75) is 43.9 Å². The van der Waals surface area contributed by atoms with E-state index in [0.29, 0.717) is 29.2 Å². The summed E-state index contributed by atoms with van der Waals surface area (Å²) in [5, 5.41) is 24.3. The highest BCUT2D eigenvalue weighted by Gasteiger charge is 2.34. The molecule has 2 aliphatic heterocycles. The number of phenolic OH excluding ortho intramolecular Hbond substituents is 1. The summed E-state index contributed by atoms with van der Waals surface area (Å²) in [6.07, 6.45) is 8.21. The minimum Gasteiger partial charge on any atom is -0.507 e. The Morgan fingerprint density at radius 2 is 1.85 bits per heavy atom. The zero-order valence-electron chi connectivity index (χ0n) is 14.3. The first-order valence-electron chi connectivity index (χ1n) is 9.08. The van der Waals surface area contributed by atoms with Crippen LogP contribution >= 0.6 is 0 Å². The molecular weight excluding hydrogens is 328 g/mol. The predicted molar refractivity (Wildman–Crippen MR) is 98.0 cm³/mol. The molecule has 6 heteroatoms. The number of hydrogen-bond acceptors (Lipinski definition) is 6. The van der Waals surface area contributed by atoms with E-state index in [-0.39, 0.29) is 11.9 Å². The minimum absolute atomic E-state index is 0.170. The number of benzene rings is 1. The van der Waals surface area contributed by atoms with Crippen molar-refractivity contribution in [1.29, 1.82) is 0 Å². The molecular formula is C20H20N4O2. The molecule has 2 bridgehead atoms. The maximum atomic E-state index is 10.3. The zero-order valence-corrected chi connectivity index (χ0v) is 14.3. The number of aromatic hydroxyl groups is 1. The molecule has 0 saturated carbocycles. The van der Waals surface area contributed by atoms with Crippen LogP contribution in [0.25, 0.3) is 22.0 Å². The molecule has 2 fully saturated rings. The summed E-state index contributed by atoms with van der Waals surface area (Å²) < 4.78 is 6.04. The molecule has 0 spiro atoms. The number of nitrogens with zero attached hydrogens (tertiary/aromatic N) is 3. The van der Waals surface area contributed by atoms with Crippen LogP contribution in [0.2, 0.25) is 0 Å². The van der Waals surface area contributed by atoms with Gasteiger partial charge in [-0.3, -0.25) is 4.98 Å². The predicted octanol–water partition coefficient (Wildman–Crippen LogP) is 3.06. The molecule has 0 amide bonds. The van der Waals surface area contributed by atoms with Crippen LogP contribution in [0.4, 0.5) is 0 Å². The highest BCUT2D eigenvalue weighted by molar-refractivity contribution is 5.89. The Hall–Kier alpha value is -2.73. The highest BCUT2D eigenvalue weighted by atomic mass is 16.5. The molecule has 6 nitrogen and oxygen atoms in total. The maximum absolute atomic E-state index is 10.3. The SMILES string of the molecule is Oc1cc2cnccc2cc1-c1ccc(OC2CC3CC[C@@H](C2)N3)nn1. The summed E-state index contributed by atoms with van der Waals surface area (Å²) in [5.74, 6) is 0.716. The van der Waals surface area contributed by atoms with Crippen molar-refractivity contribution in [2.24, 2.45) is 0 Å². The number of nitrogens with one attached hydrogen (secondary N) is 1. The first-order chi connectivity index (χ1) is 12.7. The summed E-state index contributed by atoms with van der Waals surface area (Å²) >= 11 is 0. The Morgan fingerprint density at radius 3 is 2.62 bits per heavy atom. The van der Waals surface area contributed by atoms with Crippen molar-refractivity contribution in [2.75, 3.05) is 0 Å². The lowest BCUT2D eigenvalue weighted by Gasteiger charge is -2.28. The number of phenols is 1. The van der Waals surface area contributed by atoms with Crippen LogP contribution in [0, 0.1) is 0 Å². The molecule has 1 aromatic carbocycles. The molecule has 2 aliphatic rings. The number of piperidine rings is 1. The first kappa shape index (κ1) is 15.5. The van der Waals surface area contributed by atoms with Gasteiger partial charge in [0.25, 0.3) is 0 Å². The normalized spacial score (nSPS) is 24.7. The van der Waals surface area contributed by atoms with Gasteiger partial charge in [-0.05, 0) is 55.3 Å². The second-order valence-electron chi connectivity index (χ2n) is 7.20. The van der Waals surface area contributed by atoms with Crippen molar-refractivity contribution in [3.8, 4) is 22.9 Å². The van der Waals surface area contributed by atoms with Crippen molar-refractivity contribution in [3.63, 3.8) is 0 Å². The fourth-order valence-electron chi connectivity index (χ4n) is 4.13. The highest BCUT2D eigenvalue weighted by Crippen LogP contribution is 2.33. The second kappa shape index (κ2) is 6.21. The summed E-state index contributed by atoms with van der Waals surface area (Å²) in [5.41, 5.74) is 1.28. The average molecular weight is 348 g/mol. The number of hydrogen-bond donors (Lipinski definition) is 2. The summed E-state index contributed by atoms with van der Waals surface area (Å²) in [6, 6.07) is 10.4. The molecule has 132 valence electrons. The van der Waals surface area contributed by atoms with Crippen molar-refractivity contribution in [1.82, 2.24) is 20.5 Å². The Kier molecular flexibility index (Phi) is 3.71. The van der Waals surface area contributed by atoms with Crippen molar-refractivity contribution < 1.29 is 9.84 Å². The third-order valence-electron chi connectivity index (χ3n) is 5.39. The van der Waals surface area contributed by atoms with Gasteiger partial charge in [0.05, 0.1) is 5.69 Å². The van der Waals surface area contributed by atoms with E-state index in [2.05, 4.69) is 20.5 Å². The summed E-state index contributed by atoms with van der Waals surface area (Å²) in [4.78, 5) is 4.08. The van der Waals surface area contributed by atoms with E-state index in [0.717, 1.165) is 23.6 Å². The van der Waals surface area contributed by atoms with Gasteiger partial charge in [-0.2, -0.15) is 0 Å². The fourth-order valence-corrected chi connectivity index (χ4v) is 4.13. The van der Waals surface area contributed by atoms with Crippen molar-refractivity contribution >= 4 is 10.8 Å². The Balaban J connectivity index is 1.37. The van der Waals surface area contributed by atoms with Crippen LogP contribution in [-0.2, 0) is 0 Å². The first-order valence-corrected chi connectivity index (χ1v) is 9.08. The van der Waals surface area contributed by atoms with Crippen LogP contribution in [0.1, 0.15) is 25.7 Å². The second-order valence-corrected chi connectivity index (χ2v) is 7.20. The zero-order chi connectivity index (χ0) is 17.5. The van der Waals surface area contributed by atoms with Gasteiger partial charge >= 0.3 is 0 Å². The standard InChI is InChI=1S/C20H20N4O2/c25-19-8-13-11-21-6-5-12(13)7-17(19)18-3-4-20(24-23-18)26-16-9-14-1-2-15(10-16)22-14/h3-8,11,14-16,22,25H,1-2,9-10H2/t14-,15?,16?/m0/s1. The molecule has 26 heavy (non-hydrogen) atoms. The van der Waals surface area contributed by atoms with E-state index in [9.17, 15) is 5.11 Å². The monoisotopic (exact) mass is 348 g/mol. The molecule has 5 rings (SSSR count). The Morgan fingerprint density at radius 1 is 1.00 bits per heavy atom. The molecule has 2 unspecified atom stereocenters. The average Bonchev–Trinajstić information content (AvgIpc) is 3.00. The van der Waals surface area contributed by atoms with Gasteiger partial charge in [0, 0.05) is 41.5 Å². The van der Waals surface area contributed by atoms with Gasteiger partial charge in [0.15, 0.2) is 0 Å². The lowest BCUT2D eigenvalue weighted by atomic mass is 10.0. The number of ether oxygens (including phenoxy) is 1. The van der Waals surface area contributed by atoms with E-state index in [1.807, 2.05) is 24.3 Å². The van der Waals surface area contributed by atoms with Crippen molar-refractivity contribution in [3.05, 3.63) is 42.7 Å². The molecule has 2 saturated heterocycles. The van der Waals surface area contributed by atoms with Gasteiger partial charge in [0.2, 0.25) is 5.88 Å². The van der Waals surface area contributed by atoms with E-state index >= 15 is 0 Å². The smallest absolute Gasteiger partial charge is 0.233 e. The summed E-state index contributed by atoms with van der Waals surface area (Å²) in [7, 11) is 0. The number of aromatic nitrogens is 3. The van der Waals surface area contributed by atoms with E-state index in [1.54, 1.807) is 18.5 Å². The molecule has 2 N–H and O–H groups in total. The lowest BCUT2D eigenvalue weighted by Crippen LogP contribution is -2.42. The largest absolute Gasteiger partial charge is 0.507 e. The Bertz CT molecular complexity index is 932.